The van der Waals surface area contributed by atoms with Gasteiger partial charge in [0.05, 0.1) is 5.41 Å². The van der Waals surface area contributed by atoms with Crippen molar-refractivity contribution >= 4 is 23.5 Å². The van der Waals surface area contributed by atoms with E-state index >= 15 is 0 Å². The van der Waals surface area contributed by atoms with Crippen molar-refractivity contribution in [2.75, 3.05) is 0 Å². The van der Waals surface area contributed by atoms with Crippen molar-refractivity contribution in [1.29, 1.82) is 0 Å². The Morgan fingerprint density at radius 3 is 1.78 bits per heavy atom. The number of hydrogen-bond acceptors (Lipinski definition) is 0. The third-order valence-electron chi connectivity index (χ3n) is 8.09. The highest BCUT2D eigenvalue weighted by atomic mass is 14.5. The van der Waals surface area contributed by atoms with Crippen molar-refractivity contribution in [3.05, 3.63) is 162 Å². The second kappa shape index (κ2) is 8.64. The first kappa shape index (κ1) is 21.9. The zero-order chi connectivity index (χ0) is 24.8. The number of rotatable bonds is 4. The predicted octanol–water partition coefficient (Wildman–Crippen LogP) is 7.98. The van der Waals surface area contributed by atoms with Gasteiger partial charge in [-0.25, -0.2) is 0 Å². The van der Waals surface area contributed by atoms with E-state index in [1.807, 2.05) is 0 Å². The summed E-state index contributed by atoms with van der Waals surface area (Å²) in [5.74, 6) is 0. The zero-order valence-corrected chi connectivity index (χ0v) is 21.0. The molecule has 7 rings (SSSR count). The topological polar surface area (TPSA) is 0 Å². The van der Waals surface area contributed by atoms with Gasteiger partial charge in [-0.05, 0) is 67.4 Å². The summed E-state index contributed by atoms with van der Waals surface area (Å²) < 4.78 is 0. The van der Waals surface area contributed by atoms with Gasteiger partial charge >= 0.3 is 0 Å². The number of fused-ring (bicyclic) bond motifs is 4. The molecular weight excluding hydrogens is 443 g/mol. The Balaban J connectivity index is 1.67. The van der Waals surface area contributed by atoms with Crippen LogP contribution in [0.3, 0.4) is 0 Å². The van der Waals surface area contributed by atoms with E-state index in [1.54, 1.807) is 0 Å². The highest BCUT2D eigenvalue weighted by Crippen LogP contribution is 2.58. The Labute approximate surface area is 219 Å². The van der Waals surface area contributed by atoms with Crippen LogP contribution in [0.2, 0.25) is 6.82 Å². The third kappa shape index (κ3) is 3.24. The van der Waals surface area contributed by atoms with Crippen LogP contribution in [0.5, 0.6) is 0 Å². The van der Waals surface area contributed by atoms with E-state index in [-0.39, 0.29) is 0 Å². The Bertz CT molecular complexity index is 1710. The molecule has 0 saturated heterocycles. The summed E-state index contributed by atoms with van der Waals surface area (Å²) in [6.07, 6.45) is 0. The molecule has 0 aliphatic heterocycles. The highest BCUT2D eigenvalue weighted by Gasteiger charge is 2.47. The van der Waals surface area contributed by atoms with Crippen LogP contribution in [0.15, 0.2) is 140 Å². The van der Waals surface area contributed by atoms with Crippen molar-refractivity contribution in [2.24, 2.45) is 0 Å². The van der Waals surface area contributed by atoms with Crippen LogP contribution in [-0.4, -0.2) is 7.28 Å². The Morgan fingerprint density at radius 2 is 1.11 bits per heavy atom. The summed E-state index contributed by atoms with van der Waals surface area (Å²) in [4.78, 5) is 0. The van der Waals surface area contributed by atoms with E-state index in [0.717, 1.165) is 7.28 Å². The van der Waals surface area contributed by atoms with Gasteiger partial charge in [0.2, 0.25) is 0 Å². The first-order chi connectivity index (χ1) is 18.3. The average Bonchev–Trinajstić information content (AvgIpc) is 3.27. The molecule has 0 radical (unpaired) electrons. The first-order valence-electron chi connectivity index (χ1n) is 13.2. The van der Waals surface area contributed by atoms with Gasteiger partial charge in [0.15, 0.2) is 7.28 Å². The molecule has 1 aliphatic rings. The molecule has 6 aromatic carbocycles. The highest BCUT2D eigenvalue weighted by molar-refractivity contribution is 6.52. The van der Waals surface area contributed by atoms with E-state index in [9.17, 15) is 0 Å². The maximum atomic E-state index is 2.44. The average molecular weight is 470 g/mol. The second-order valence-electron chi connectivity index (χ2n) is 10.0. The molecular formula is C36H27B. The normalized spacial score (nSPS) is 13.2. The van der Waals surface area contributed by atoms with E-state index in [0.29, 0.717) is 0 Å². The van der Waals surface area contributed by atoms with Crippen molar-refractivity contribution in [1.82, 2.24) is 0 Å². The smallest absolute Gasteiger partial charge is 0.0849 e. The fraction of sp³-hybridized carbons (Fsp3) is 0.0556. The maximum Gasteiger partial charge on any atom is 0.154 e. The van der Waals surface area contributed by atoms with Crippen LogP contribution >= 0.6 is 0 Å². The van der Waals surface area contributed by atoms with Gasteiger partial charge in [0.1, 0.15) is 0 Å². The molecule has 0 unspecified atom stereocenters. The van der Waals surface area contributed by atoms with Gasteiger partial charge in [0, 0.05) is 0 Å². The van der Waals surface area contributed by atoms with Crippen LogP contribution in [0.1, 0.15) is 22.3 Å². The minimum Gasteiger partial charge on any atom is -0.0849 e. The van der Waals surface area contributed by atoms with Crippen LogP contribution in [0.25, 0.3) is 33.0 Å². The molecule has 0 atom stereocenters. The van der Waals surface area contributed by atoms with Crippen LogP contribution in [-0.2, 0) is 5.41 Å². The lowest BCUT2D eigenvalue weighted by atomic mass is 9.67. The van der Waals surface area contributed by atoms with Gasteiger partial charge in [0.25, 0.3) is 0 Å². The molecule has 0 N–H and O–H groups in total. The predicted molar refractivity (Wildman–Crippen MR) is 159 cm³/mol. The summed E-state index contributed by atoms with van der Waals surface area (Å²) in [7, 11) is 1.03. The molecule has 1 heteroatoms. The standard InChI is InChI=1S/C36H27B/c1-37-30-19-10-14-27(22-30)31-20-11-21-33-35(31)32-23-25-12-8-9-13-26(25)24-34(32)36(33,28-15-4-2-5-16-28)29-17-6-3-7-18-29/h2-24,37H,1H3. The molecule has 0 aromatic heterocycles. The molecule has 37 heavy (non-hydrogen) atoms. The van der Waals surface area contributed by atoms with Crippen LogP contribution < -0.4 is 5.46 Å². The molecule has 0 heterocycles. The first-order valence-corrected chi connectivity index (χ1v) is 13.2. The lowest BCUT2D eigenvalue weighted by molar-refractivity contribution is 0.769. The van der Waals surface area contributed by atoms with Crippen LogP contribution in [0, 0.1) is 0 Å². The molecule has 0 spiro atoms. The SMILES string of the molecule is CBc1cccc(-c2cccc3c2-c2cc4ccccc4cc2C3(c2ccccc2)c2ccccc2)c1. The Kier molecular flexibility index (Phi) is 5.11. The molecule has 0 fully saturated rings. The van der Waals surface area contributed by atoms with Gasteiger partial charge in [-0.15, -0.1) is 0 Å². The quantitative estimate of drug-likeness (QED) is 0.229. The van der Waals surface area contributed by atoms with Gasteiger partial charge in [-0.3, -0.25) is 0 Å². The van der Waals surface area contributed by atoms with Crippen molar-refractivity contribution in [3.8, 4) is 22.3 Å². The van der Waals surface area contributed by atoms with E-state index in [1.165, 1.54) is 60.7 Å². The molecule has 0 amide bonds. The fourth-order valence-electron chi connectivity index (χ4n) is 6.42. The Morgan fingerprint density at radius 1 is 0.486 bits per heavy atom. The summed E-state index contributed by atoms with van der Waals surface area (Å²) in [6.45, 7) is 2.23. The second-order valence-corrected chi connectivity index (χ2v) is 10.0. The minimum atomic E-state index is -0.393. The largest absolute Gasteiger partial charge is 0.154 e. The van der Waals surface area contributed by atoms with E-state index in [2.05, 4.69) is 146 Å². The van der Waals surface area contributed by atoms with Gasteiger partial charge in [-0.1, -0.05) is 140 Å². The van der Waals surface area contributed by atoms with Crippen molar-refractivity contribution < 1.29 is 0 Å². The van der Waals surface area contributed by atoms with Crippen LogP contribution in [0.4, 0.5) is 0 Å². The fourth-order valence-corrected chi connectivity index (χ4v) is 6.42. The number of hydrogen-bond donors (Lipinski definition) is 0. The zero-order valence-electron chi connectivity index (χ0n) is 21.0. The molecule has 0 bridgehead atoms. The molecule has 0 saturated carbocycles. The van der Waals surface area contributed by atoms with Gasteiger partial charge in [-0.2, -0.15) is 0 Å². The minimum absolute atomic E-state index is 0.393. The van der Waals surface area contributed by atoms with Crippen molar-refractivity contribution in [3.63, 3.8) is 0 Å². The lowest BCUT2D eigenvalue weighted by Gasteiger charge is -2.34. The molecule has 1 aliphatic carbocycles. The van der Waals surface area contributed by atoms with Crippen molar-refractivity contribution in [2.45, 2.75) is 12.2 Å². The lowest BCUT2D eigenvalue weighted by Crippen LogP contribution is -2.28. The maximum absolute atomic E-state index is 2.44. The third-order valence-corrected chi connectivity index (χ3v) is 8.09. The summed E-state index contributed by atoms with van der Waals surface area (Å²) in [5, 5.41) is 2.56. The summed E-state index contributed by atoms with van der Waals surface area (Å²) in [6, 6.07) is 51.7. The summed E-state index contributed by atoms with van der Waals surface area (Å²) >= 11 is 0. The number of benzene rings is 6. The van der Waals surface area contributed by atoms with E-state index in [4.69, 9.17) is 0 Å². The Hall–Kier alpha value is -4.36. The molecule has 174 valence electrons. The van der Waals surface area contributed by atoms with Gasteiger partial charge < -0.3 is 0 Å². The monoisotopic (exact) mass is 470 g/mol. The van der Waals surface area contributed by atoms with E-state index < -0.39 is 5.41 Å². The molecule has 0 nitrogen and oxygen atoms in total. The molecule has 6 aromatic rings. The summed E-state index contributed by atoms with van der Waals surface area (Å²) in [5.41, 5.74) is 11.6.